The Balaban J connectivity index is 1.52. The van der Waals surface area contributed by atoms with Crippen molar-refractivity contribution in [2.45, 2.75) is 46.7 Å². The molecule has 0 atom stereocenters. The van der Waals surface area contributed by atoms with Gasteiger partial charge in [0.1, 0.15) is 0 Å². The van der Waals surface area contributed by atoms with E-state index in [4.69, 9.17) is 12.2 Å². The van der Waals surface area contributed by atoms with Crippen molar-refractivity contribution < 1.29 is 0 Å². The van der Waals surface area contributed by atoms with Crippen LogP contribution in [0.5, 0.6) is 0 Å². The number of nitrogens with one attached hydrogen (secondary N) is 2. The highest BCUT2D eigenvalue weighted by Gasteiger charge is 2.01. The van der Waals surface area contributed by atoms with Crippen LogP contribution < -0.4 is 10.6 Å². The summed E-state index contributed by atoms with van der Waals surface area (Å²) in [6.07, 6.45) is 5.92. The molecule has 0 aliphatic rings. The van der Waals surface area contributed by atoms with Crippen LogP contribution in [0.1, 0.15) is 29.8 Å². The fraction of sp³-hybridized carbons (Fsp3) is 0.562. The molecule has 2 N–H and O–H groups in total. The first-order valence-electron chi connectivity index (χ1n) is 8.06. The molecule has 0 unspecified atom stereocenters. The maximum atomic E-state index is 5.28. The van der Waals surface area contributed by atoms with Crippen molar-refractivity contribution in [3.8, 4) is 0 Å². The van der Waals surface area contributed by atoms with Gasteiger partial charge in [0.15, 0.2) is 5.11 Å². The van der Waals surface area contributed by atoms with E-state index in [1.165, 1.54) is 11.3 Å². The van der Waals surface area contributed by atoms with Crippen molar-refractivity contribution in [2.75, 3.05) is 13.1 Å². The van der Waals surface area contributed by atoms with Crippen LogP contribution in [0.4, 0.5) is 0 Å². The molecule has 0 fully saturated rings. The normalized spacial score (nSPS) is 10.7. The molecule has 2 heterocycles. The zero-order chi connectivity index (χ0) is 16.7. The van der Waals surface area contributed by atoms with Crippen LogP contribution >= 0.6 is 12.2 Å². The highest BCUT2D eigenvalue weighted by atomic mass is 32.1. The van der Waals surface area contributed by atoms with Crippen molar-refractivity contribution in [3.63, 3.8) is 0 Å². The van der Waals surface area contributed by atoms with Crippen LogP contribution in [0.2, 0.25) is 0 Å². The van der Waals surface area contributed by atoms with E-state index < -0.39 is 0 Å². The molecule has 6 nitrogen and oxygen atoms in total. The summed E-state index contributed by atoms with van der Waals surface area (Å²) in [5.41, 5.74) is 3.47. The van der Waals surface area contributed by atoms with Crippen LogP contribution in [0.15, 0.2) is 18.5 Å². The van der Waals surface area contributed by atoms with E-state index in [0.29, 0.717) is 0 Å². The maximum Gasteiger partial charge on any atom is 0.166 e. The lowest BCUT2D eigenvalue weighted by atomic mass is 10.4. The third kappa shape index (κ3) is 6.02. The summed E-state index contributed by atoms with van der Waals surface area (Å²) >= 11 is 5.28. The lowest BCUT2D eigenvalue weighted by Gasteiger charge is -2.11. The average molecular weight is 334 g/mol. The second-order valence-electron chi connectivity index (χ2n) is 5.82. The summed E-state index contributed by atoms with van der Waals surface area (Å²) in [7, 11) is 0. The molecule has 0 amide bonds. The van der Waals surface area contributed by atoms with Crippen LogP contribution in [-0.4, -0.2) is 37.8 Å². The Morgan fingerprint density at radius 1 is 1.13 bits per heavy atom. The standard InChI is InChI=1S/C16H26N6S/c1-13-11-19-21(12-13)8-4-6-17-16(23)18-7-5-9-22-15(3)10-14(2)20-22/h10-12H,4-9H2,1-3H3,(H2,17,18,23). The molecule has 0 saturated heterocycles. The van der Waals surface area contributed by atoms with Crippen LogP contribution in [0, 0.1) is 20.8 Å². The SMILES string of the molecule is Cc1cnn(CCCNC(=S)NCCCn2nc(C)cc2C)c1. The van der Waals surface area contributed by atoms with Gasteiger partial charge in [-0.15, -0.1) is 0 Å². The summed E-state index contributed by atoms with van der Waals surface area (Å²) in [5.74, 6) is 0. The Bertz CT molecular complexity index is 630. The Kier molecular flexibility index (Phi) is 6.58. The van der Waals surface area contributed by atoms with Crippen molar-refractivity contribution in [1.82, 2.24) is 30.2 Å². The first kappa shape index (κ1) is 17.5. The number of nitrogens with zero attached hydrogens (tertiary/aromatic N) is 4. The first-order valence-corrected chi connectivity index (χ1v) is 8.47. The van der Waals surface area contributed by atoms with Crippen LogP contribution in [-0.2, 0) is 13.1 Å². The minimum Gasteiger partial charge on any atom is -0.363 e. The number of hydrogen-bond acceptors (Lipinski definition) is 3. The highest BCUT2D eigenvalue weighted by Crippen LogP contribution is 2.02. The van der Waals surface area contributed by atoms with E-state index in [0.717, 1.165) is 49.8 Å². The molecular formula is C16H26N6S. The van der Waals surface area contributed by atoms with Crippen molar-refractivity contribution in [1.29, 1.82) is 0 Å². The molecule has 0 aliphatic carbocycles. The van der Waals surface area contributed by atoms with E-state index in [9.17, 15) is 0 Å². The second kappa shape index (κ2) is 8.67. The van der Waals surface area contributed by atoms with E-state index >= 15 is 0 Å². The Hall–Kier alpha value is -1.89. The van der Waals surface area contributed by atoms with Gasteiger partial charge in [-0.25, -0.2) is 0 Å². The fourth-order valence-corrected chi connectivity index (χ4v) is 2.63. The summed E-state index contributed by atoms with van der Waals surface area (Å²) < 4.78 is 4.00. The highest BCUT2D eigenvalue weighted by molar-refractivity contribution is 7.80. The van der Waals surface area contributed by atoms with Crippen LogP contribution in [0.3, 0.4) is 0 Å². The van der Waals surface area contributed by atoms with Gasteiger partial charge in [-0.3, -0.25) is 9.36 Å². The third-order valence-corrected chi connectivity index (χ3v) is 3.84. The predicted octanol–water partition coefficient (Wildman–Crippen LogP) is 1.95. The topological polar surface area (TPSA) is 59.7 Å². The zero-order valence-electron chi connectivity index (χ0n) is 14.2. The Morgan fingerprint density at radius 2 is 1.83 bits per heavy atom. The largest absolute Gasteiger partial charge is 0.363 e. The molecule has 0 radical (unpaired) electrons. The molecule has 0 aromatic carbocycles. The summed E-state index contributed by atoms with van der Waals surface area (Å²) in [6, 6.07) is 2.10. The lowest BCUT2D eigenvalue weighted by Crippen LogP contribution is -2.36. The van der Waals surface area contributed by atoms with E-state index in [2.05, 4.69) is 40.0 Å². The first-order chi connectivity index (χ1) is 11.0. The van der Waals surface area contributed by atoms with Gasteiger partial charge in [-0.05, 0) is 57.5 Å². The number of aromatic nitrogens is 4. The number of aryl methyl sites for hydroxylation is 5. The number of thiocarbonyl (C=S) groups is 1. The van der Waals surface area contributed by atoms with Gasteiger partial charge < -0.3 is 10.6 Å². The van der Waals surface area contributed by atoms with Gasteiger partial charge in [-0.2, -0.15) is 10.2 Å². The minimum absolute atomic E-state index is 0.718. The number of hydrogen-bond donors (Lipinski definition) is 2. The molecule has 2 rings (SSSR count). The molecule has 0 spiro atoms. The van der Waals surface area contributed by atoms with Gasteiger partial charge in [0, 0.05) is 38.1 Å². The Morgan fingerprint density at radius 3 is 2.39 bits per heavy atom. The molecule has 2 aromatic heterocycles. The number of rotatable bonds is 8. The third-order valence-electron chi connectivity index (χ3n) is 3.55. The predicted molar refractivity (Wildman–Crippen MR) is 96.5 cm³/mol. The van der Waals surface area contributed by atoms with E-state index in [1.54, 1.807) is 0 Å². The molecular weight excluding hydrogens is 308 g/mol. The van der Waals surface area contributed by atoms with E-state index in [1.807, 2.05) is 29.4 Å². The summed E-state index contributed by atoms with van der Waals surface area (Å²) in [5, 5.41) is 15.9. The molecule has 23 heavy (non-hydrogen) atoms. The quantitative estimate of drug-likeness (QED) is 0.571. The minimum atomic E-state index is 0.718. The zero-order valence-corrected chi connectivity index (χ0v) is 15.0. The second-order valence-corrected chi connectivity index (χ2v) is 6.23. The molecule has 0 aliphatic heterocycles. The van der Waals surface area contributed by atoms with Crippen LogP contribution in [0.25, 0.3) is 0 Å². The smallest absolute Gasteiger partial charge is 0.166 e. The summed E-state index contributed by atoms with van der Waals surface area (Å²) in [6.45, 7) is 9.67. The fourth-order valence-electron chi connectivity index (χ4n) is 2.43. The van der Waals surface area contributed by atoms with Crippen molar-refractivity contribution in [2.24, 2.45) is 0 Å². The lowest BCUT2D eigenvalue weighted by molar-refractivity contribution is 0.552. The Labute approximate surface area is 143 Å². The van der Waals surface area contributed by atoms with Crippen molar-refractivity contribution >= 4 is 17.3 Å². The molecule has 7 heteroatoms. The van der Waals surface area contributed by atoms with Crippen molar-refractivity contribution in [3.05, 3.63) is 35.4 Å². The molecule has 126 valence electrons. The molecule has 0 saturated carbocycles. The van der Waals surface area contributed by atoms with E-state index in [-0.39, 0.29) is 0 Å². The van der Waals surface area contributed by atoms with Gasteiger partial charge in [-0.1, -0.05) is 0 Å². The monoisotopic (exact) mass is 334 g/mol. The molecule has 0 bridgehead atoms. The summed E-state index contributed by atoms with van der Waals surface area (Å²) in [4.78, 5) is 0. The van der Waals surface area contributed by atoms with Gasteiger partial charge in [0.25, 0.3) is 0 Å². The van der Waals surface area contributed by atoms with Gasteiger partial charge >= 0.3 is 0 Å². The molecule has 2 aromatic rings. The van der Waals surface area contributed by atoms with Gasteiger partial charge in [0.05, 0.1) is 11.9 Å². The average Bonchev–Trinajstić information content (AvgIpc) is 3.05. The maximum absolute atomic E-state index is 5.28. The van der Waals surface area contributed by atoms with Gasteiger partial charge in [0.2, 0.25) is 0 Å².